The lowest BCUT2D eigenvalue weighted by Crippen LogP contribution is -2.32. The summed E-state index contributed by atoms with van der Waals surface area (Å²) in [6.45, 7) is 0. The minimum Gasteiger partial charge on any atom is -0.481 e. The lowest BCUT2D eigenvalue weighted by molar-refractivity contribution is -0.193. The topological polar surface area (TPSA) is 50.4 Å². The lowest BCUT2D eigenvalue weighted by Gasteiger charge is -2.14. The maximum Gasteiger partial charge on any atom is 0.402 e. The van der Waals surface area contributed by atoms with Crippen molar-refractivity contribution in [2.24, 2.45) is 5.92 Å². The van der Waals surface area contributed by atoms with E-state index in [1.54, 1.807) is 0 Å². The van der Waals surface area contributed by atoms with Gasteiger partial charge in [-0.3, -0.25) is 4.79 Å². The molecule has 0 aliphatic rings. The second-order valence-corrected chi connectivity index (χ2v) is 2.72. The molecule has 0 radical (unpaired) electrons. The molecule has 0 fully saturated rings. The van der Waals surface area contributed by atoms with Gasteiger partial charge in [-0.1, -0.05) is 0 Å². The van der Waals surface area contributed by atoms with Crippen LogP contribution in [0.3, 0.4) is 0 Å². The second kappa shape index (κ2) is 3.73. The van der Waals surface area contributed by atoms with Gasteiger partial charge in [-0.15, -0.1) is 0 Å². The van der Waals surface area contributed by atoms with Gasteiger partial charge in [-0.05, 0) is 12.1 Å². The first kappa shape index (κ1) is 10.6. The van der Waals surface area contributed by atoms with Crippen LogP contribution in [0.15, 0.2) is 22.8 Å². The molecule has 0 saturated heterocycles. The molecule has 0 aromatic carbocycles. The number of carboxylic acids is 1. The molecule has 3 nitrogen and oxygen atoms in total. The molecule has 6 heteroatoms. The molecule has 1 rings (SSSR count). The van der Waals surface area contributed by atoms with Crippen LogP contribution in [0.2, 0.25) is 0 Å². The van der Waals surface area contributed by atoms with Gasteiger partial charge in [-0.25, -0.2) is 0 Å². The SMILES string of the molecule is O=C(O)[C@H](Cc1ccco1)C(F)(F)F. The Bertz CT molecular complexity index is 302. The zero-order valence-corrected chi connectivity index (χ0v) is 6.91. The number of carboxylic acid groups (broad SMARTS) is 1. The van der Waals surface area contributed by atoms with Crippen molar-refractivity contribution in [3.8, 4) is 0 Å². The van der Waals surface area contributed by atoms with Gasteiger partial charge < -0.3 is 9.52 Å². The van der Waals surface area contributed by atoms with Crippen molar-refractivity contribution in [1.29, 1.82) is 0 Å². The zero-order chi connectivity index (χ0) is 10.8. The van der Waals surface area contributed by atoms with Crippen LogP contribution in [-0.4, -0.2) is 17.3 Å². The highest BCUT2D eigenvalue weighted by Crippen LogP contribution is 2.29. The summed E-state index contributed by atoms with van der Waals surface area (Å²) < 4.78 is 41.1. The van der Waals surface area contributed by atoms with Gasteiger partial charge in [0.1, 0.15) is 5.76 Å². The standard InChI is InChI=1S/C8H7F3O3/c9-8(10,11)6(7(12)13)4-5-2-1-3-14-5/h1-3,6H,4H2,(H,12,13)/t6-/m0/s1. The van der Waals surface area contributed by atoms with E-state index in [1.807, 2.05) is 0 Å². The van der Waals surface area contributed by atoms with Gasteiger partial charge in [0.2, 0.25) is 0 Å². The molecule has 0 amide bonds. The molecule has 0 aliphatic heterocycles. The van der Waals surface area contributed by atoms with E-state index < -0.39 is 24.5 Å². The first-order valence-corrected chi connectivity index (χ1v) is 3.73. The molecule has 14 heavy (non-hydrogen) atoms. The second-order valence-electron chi connectivity index (χ2n) is 2.72. The molecule has 1 N–H and O–H groups in total. The van der Waals surface area contributed by atoms with Gasteiger partial charge in [-0.2, -0.15) is 13.2 Å². The van der Waals surface area contributed by atoms with Crippen molar-refractivity contribution in [2.75, 3.05) is 0 Å². The van der Waals surface area contributed by atoms with E-state index in [0.717, 1.165) is 0 Å². The molecule has 1 atom stereocenters. The number of alkyl halides is 3. The van der Waals surface area contributed by atoms with E-state index in [2.05, 4.69) is 4.42 Å². The number of hydrogen-bond acceptors (Lipinski definition) is 2. The summed E-state index contributed by atoms with van der Waals surface area (Å²) >= 11 is 0. The third-order valence-corrected chi connectivity index (χ3v) is 1.68. The van der Waals surface area contributed by atoms with E-state index in [9.17, 15) is 18.0 Å². The molecular formula is C8H7F3O3. The largest absolute Gasteiger partial charge is 0.481 e. The summed E-state index contributed by atoms with van der Waals surface area (Å²) in [4.78, 5) is 10.3. The number of carbonyl (C=O) groups is 1. The predicted molar refractivity (Wildman–Crippen MR) is 39.6 cm³/mol. The van der Waals surface area contributed by atoms with Gasteiger partial charge in [0.15, 0.2) is 5.92 Å². The third kappa shape index (κ3) is 2.51. The Kier molecular flexibility index (Phi) is 2.83. The molecule has 1 aromatic heterocycles. The first-order valence-electron chi connectivity index (χ1n) is 3.73. The van der Waals surface area contributed by atoms with Gasteiger partial charge in [0, 0.05) is 6.42 Å². The van der Waals surface area contributed by atoms with Crippen LogP contribution in [-0.2, 0) is 11.2 Å². The monoisotopic (exact) mass is 208 g/mol. The summed E-state index contributed by atoms with van der Waals surface area (Å²) in [7, 11) is 0. The number of halogens is 3. The number of rotatable bonds is 3. The molecule has 0 saturated carbocycles. The fourth-order valence-corrected chi connectivity index (χ4v) is 0.973. The van der Waals surface area contributed by atoms with Crippen molar-refractivity contribution in [2.45, 2.75) is 12.6 Å². The molecule has 1 heterocycles. The Balaban J connectivity index is 2.76. The minimum absolute atomic E-state index is 0.00900. The zero-order valence-electron chi connectivity index (χ0n) is 6.91. The number of furan rings is 1. The van der Waals surface area contributed by atoms with Crippen LogP contribution in [0.1, 0.15) is 5.76 Å². The molecule has 1 aromatic rings. The predicted octanol–water partition coefficient (Wildman–Crippen LogP) is 2.09. The minimum atomic E-state index is -4.75. The summed E-state index contributed by atoms with van der Waals surface area (Å²) in [6.07, 6.45) is -4.23. The number of hydrogen-bond donors (Lipinski definition) is 1. The van der Waals surface area contributed by atoms with E-state index in [0.29, 0.717) is 0 Å². The van der Waals surface area contributed by atoms with Crippen molar-refractivity contribution in [3.63, 3.8) is 0 Å². The average molecular weight is 208 g/mol. The summed E-state index contributed by atoms with van der Waals surface area (Å²) in [6, 6.07) is 2.71. The van der Waals surface area contributed by atoms with Gasteiger partial charge >= 0.3 is 12.1 Å². The normalized spacial score (nSPS) is 13.9. The van der Waals surface area contributed by atoms with E-state index in [-0.39, 0.29) is 5.76 Å². The van der Waals surface area contributed by atoms with Crippen molar-refractivity contribution in [1.82, 2.24) is 0 Å². The van der Waals surface area contributed by atoms with Crippen LogP contribution >= 0.6 is 0 Å². The molecule has 0 aliphatic carbocycles. The highest BCUT2D eigenvalue weighted by molar-refractivity contribution is 5.71. The summed E-state index contributed by atoms with van der Waals surface area (Å²) in [5.41, 5.74) is 0. The van der Waals surface area contributed by atoms with E-state index >= 15 is 0 Å². The van der Waals surface area contributed by atoms with Crippen molar-refractivity contribution in [3.05, 3.63) is 24.2 Å². The lowest BCUT2D eigenvalue weighted by atomic mass is 10.0. The Labute approximate surface area is 77.1 Å². The molecule has 0 spiro atoms. The third-order valence-electron chi connectivity index (χ3n) is 1.68. The highest BCUT2D eigenvalue weighted by atomic mass is 19.4. The fourth-order valence-electron chi connectivity index (χ4n) is 0.973. The summed E-state index contributed by atoms with van der Waals surface area (Å²) in [5.74, 6) is -4.29. The van der Waals surface area contributed by atoms with Crippen LogP contribution < -0.4 is 0 Å². The Morgan fingerprint density at radius 3 is 2.57 bits per heavy atom. The number of aliphatic carboxylic acids is 1. The van der Waals surface area contributed by atoms with Gasteiger partial charge in [0.05, 0.1) is 6.26 Å². The Morgan fingerprint density at radius 1 is 1.57 bits per heavy atom. The Hall–Kier alpha value is -1.46. The van der Waals surface area contributed by atoms with Crippen LogP contribution in [0.25, 0.3) is 0 Å². The van der Waals surface area contributed by atoms with Crippen LogP contribution in [0, 0.1) is 5.92 Å². The Morgan fingerprint density at radius 2 is 2.21 bits per heavy atom. The van der Waals surface area contributed by atoms with E-state index in [4.69, 9.17) is 5.11 Å². The van der Waals surface area contributed by atoms with E-state index in [1.165, 1.54) is 18.4 Å². The van der Waals surface area contributed by atoms with Crippen molar-refractivity contribution < 1.29 is 27.5 Å². The van der Waals surface area contributed by atoms with Crippen LogP contribution in [0.4, 0.5) is 13.2 Å². The molecule has 0 unspecified atom stereocenters. The summed E-state index contributed by atoms with van der Waals surface area (Å²) in [5, 5.41) is 8.35. The molecule has 78 valence electrons. The quantitative estimate of drug-likeness (QED) is 0.827. The maximum absolute atomic E-state index is 12.1. The van der Waals surface area contributed by atoms with Crippen molar-refractivity contribution >= 4 is 5.97 Å². The molecule has 0 bridgehead atoms. The molecular weight excluding hydrogens is 201 g/mol. The highest BCUT2D eigenvalue weighted by Gasteiger charge is 2.45. The first-order chi connectivity index (χ1) is 6.41. The average Bonchev–Trinajstić information content (AvgIpc) is 2.48. The maximum atomic E-state index is 12.1. The fraction of sp³-hybridized carbons (Fsp3) is 0.375. The van der Waals surface area contributed by atoms with Gasteiger partial charge in [0.25, 0.3) is 0 Å². The van der Waals surface area contributed by atoms with Crippen LogP contribution in [0.5, 0.6) is 0 Å². The smallest absolute Gasteiger partial charge is 0.402 e.